The molecule has 0 aliphatic rings. The number of benzene rings is 13. The van der Waals surface area contributed by atoms with Gasteiger partial charge in [-0.25, -0.2) is 29.9 Å². The molecular weight excluding hydrogens is 1330 g/mol. The quantitative estimate of drug-likeness (QED) is 0.0802. The first-order chi connectivity index (χ1) is 53.5. The molecule has 0 atom stereocenters. The van der Waals surface area contributed by atoms with Crippen LogP contribution in [-0.4, -0.2) is 29.9 Å². The molecule has 0 spiro atoms. The minimum Gasteiger partial charge on any atom is -0.436 e. The molecule has 0 saturated heterocycles. The Bertz CT molecular complexity index is 5300. The van der Waals surface area contributed by atoms with Gasteiger partial charge in [-0.2, -0.15) is 0 Å². The summed E-state index contributed by atoms with van der Waals surface area (Å²) in [4.78, 5) is 29.2. The standard InChI is InChI=1S/C96H60N6O6/c1-7-19-61(20-8-1)79-55-97-91(103-79)73-43-31-67(32-44-73)85-86(68-33-45-74(46-34-68)92-98-56-80(104-92)62-21-9-2-10-22-62)88(70-37-49-76(50-38-70)94-100-58-82(106-94)64-25-13-4-14-26-64)90(72-41-53-78(54-42-72)96-102-60-84(108-96)66-29-17-6-18-30-66)89(71-39-51-77(52-40-71)95-101-59-83(107-95)65-27-15-5-16-28-65)87(85)69-35-47-75(48-36-69)93-99-57-81(105-93)63-23-11-3-12-24-63/h1-60H. The topological polar surface area (TPSA) is 156 Å². The van der Waals surface area contributed by atoms with E-state index in [9.17, 15) is 0 Å². The second kappa shape index (κ2) is 28.1. The maximum atomic E-state index is 6.57. The SMILES string of the molecule is c1ccc(-c2cnc(-c3ccc(-c4c(-c5ccc(-c6ncc(-c7ccccc7)o6)cc5)c(-c5ccc(-c6ncc(-c7ccccc7)o6)cc5)c(-c5ccc(-c6ncc(-c7ccccc7)o6)cc5)c(-c5ccc(-c6ncc(-c7ccccc7)o6)cc5)c4-c4ccc(-c5ncc(-c6ccccc6)o5)cc4)cc3)o2)cc1. The van der Waals surface area contributed by atoms with Crippen LogP contribution in [0.1, 0.15) is 0 Å². The van der Waals surface area contributed by atoms with Crippen LogP contribution in [0.2, 0.25) is 0 Å². The van der Waals surface area contributed by atoms with Crippen LogP contribution in [0.5, 0.6) is 0 Å². The van der Waals surface area contributed by atoms with Gasteiger partial charge in [0.25, 0.3) is 0 Å². The monoisotopic (exact) mass is 1390 g/mol. The average molecular weight is 1390 g/mol. The van der Waals surface area contributed by atoms with E-state index in [2.05, 4.69) is 146 Å². The van der Waals surface area contributed by atoms with Crippen molar-refractivity contribution >= 4 is 0 Å². The van der Waals surface area contributed by atoms with Crippen molar-refractivity contribution in [3.63, 3.8) is 0 Å². The smallest absolute Gasteiger partial charge is 0.226 e. The largest absolute Gasteiger partial charge is 0.436 e. The van der Waals surface area contributed by atoms with Gasteiger partial charge in [0.15, 0.2) is 34.6 Å². The highest BCUT2D eigenvalue weighted by Gasteiger charge is 2.31. The first-order valence-corrected chi connectivity index (χ1v) is 35.5. The molecule has 0 radical (unpaired) electrons. The summed E-state index contributed by atoms with van der Waals surface area (Å²) in [6.45, 7) is 0. The molecule has 6 heterocycles. The van der Waals surface area contributed by atoms with Crippen molar-refractivity contribution in [1.29, 1.82) is 0 Å². The number of aromatic nitrogens is 6. The number of hydrogen-bond donors (Lipinski definition) is 0. The summed E-state index contributed by atoms with van der Waals surface area (Å²) in [6, 6.07) is 111. The third kappa shape index (κ3) is 12.5. The predicted molar refractivity (Wildman–Crippen MR) is 425 cm³/mol. The highest BCUT2D eigenvalue weighted by atomic mass is 16.4. The van der Waals surface area contributed by atoms with Gasteiger partial charge in [0.2, 0.25) is 35.3 Å². The fourth-order valence-corrected chi connectivity index (χ4v) is 14.0. The van der Waals surface area contributed by atoms with Crippen LogP contribution in [-0.2, 0) is 0 Å². The van der Waals surface area contributed by atoms with Gasteiger partial charge in [0.1, 0.15) is 0 Å². The summed E-state index contributed by atoms with van der Waals surface area (Å²) in [5.74, 6) is 6.92. The number of nitrogens with zero attached hydrogens (tertiary/aromatic N) is 6. The minimum absolute atomic E-state index is 0.487. The van der Waals surface area contributed by atoms with Crippen molar-refractivity contribution < 1.29 is 26.5 Å². The van der Waals surface area contributed by atoms with Gasteiger partial charge in [0.05, 0.1) is 37.2 Å². The maximum Gasteiger partial charge on any atom is 0.226 e. The molecule has 0 fully saturated rings. The maximum absolute atomic E-state index is 6.57. The molecule has 108 heavy (non-hydrogen) atoms. The third-order valence-corrected chi connectivity index (χ3v) is 19.4. The van der Waals surface area contributed by atoms with Gasteiger partial charge in [-0.15, -0.1) is 0 Å². The normalized spacial score (nSPS) is 11.3. The zero-order valence-corrected chi connectivity index (χ0v) is 57.8. The van der Waals surface area contributed by atoms with Gasteiger partial charge in [-0.1, -0.05) is 255 Å². The number of rotatable bonds is 18. The van der Waals surface area contributed by atoms with Crippen molar-refractivity contribution in [1.82, 2.24) is 29.9 Å². The summed E-state index contributed by atoms with van der Waals surface area (Å²) in [5, 5.41) is 0. The Morgan fingerprint density at radius 1 is 0.120 bits per heavy atom. The van der Waals surface area contributed by atoms with Crippen molar-refractivity contribution in [2.75, 3.05) is 0 Å². The van der Waals surface area contributed by atoms with E-state index in [0.717, 1.165) is 134 Å². The molecule has 0 N–H and O–H groups in total. The molecular formula is C96H60N6O6. The summed E-state index contributed by atoms with van der Waals surface area (Å²) < 4.78 is 39.4. The zero-order chi connectivity index (χ0) is 71.7. The van der Waals surface area contributed by atoms with Crippen molar-refractivity contribution in [3.05, 3.63) is 365 Å². The average Bonchev–Trinajstić information content (AvgIpc) is 0.888. The fraction of sp³-hybridized carbons (Fsp3) is 0. The van der Waals surface area contributed by atoms with Crippen LogP contribution in [0.3, 0.4) is 0 Å². The van der Waals surface area contributed by atoms with E-state index in [1.54, 1.807) is 37.2 Å². The minimum atomic E-state index is 0.487. The lowest BCUT2D eigenvalue weighted by Crippen LogP contribution is -2.02. The molecule has 0 bridgehead atoms. The molecule has 19 rings (SSSR count). The van der Waals surface area contributed by atoms with Crippen LogP contribution in [0.4, 0.5) is 0 Å². The molecule has 13 aromatic carbocycles. The van der Waals surface area contributed by atoms with Crippen molar-refractivity contribution in [2.45, 2.75) is 0 Å². The number of oxazole rings is 6. The molecule has 0 saturated carbocycles. The van der Waals surface area contributed by atoms with Crippen LogP contribution in [0.15, 0.2) is 391 Å². The molecule has 12 nitrogen and oxygen atoms in total. The summed E-state index contributed by atoms with van der Waals surface area (Å²) >= 11 is 0. The third-order valence-electron chi connectivity index (χ3n) is 19.4. The highest BCUT2D eigenvalue weighted by Crippen LogP contribution is 2.57. The van der Waals surface area contributed by atoms with Gasteiger partial charge in [-0.05, 0) is 140 Å². The van der Waals surface area contributed by atoms with Crippen LogP contribution >= 0.6 is 0 Å². The van der Waals surface area contributed by atoms with Gasteiger partial charge in [0, 0.05) is 66.8 Å². The molecule has 0 aliphatic heterocycles. The van der Waals surface area contributed by atoms with Crippen molar-refractivity contribution in [2.24, 2.45) is 0 Å². The molecule has 0 aliphatic carbocycles. The van der Waals surface area contributed by atoms with Gasteiger partial charge in [-0.3, -0.25) is 0 Å². The van der Waals surface area contributed by atoms with E-state index < -0.39 is 0 Å². The molecule has 0 amide bonds. The lowest BCUT2D eigenvalue weighted by atomic mass is 9.74. The van der Waals surface area contributed by atoms with E-state index in [4.69, 9.17) is 56.4 Å². The van der Waals surface area contributed by atoms with Crippen LogP contribution < -0.4 is 0 Å². The Balaban J connectivity index is 0.889. The molecule has 0 unspecified atom stereocenters. The van der Waals surface area contributed by atoms with Crippen LogP contribution in [0.25, 0.3) is 203 Å². The number of hydrogen-bond acceptors (Lipinski definition) is 12. The molecule has 510 valence electrons. The van der Waals surface area contributed by atoms with Crippen molar-refractivity contribution in [3.8, 4) is 203 Å². The zero-order valence-electron chi connectivity index (χ0n) is 57.8. The first kappa shape index (κ1) is 64.0. The first-order valence-electron chi connectivity index (χ1n) is 35.5. The van der Waals surface area contributed by atoms with E-state index >= 15 is 0 Å². The Labute approximate surface area is 621 Å². The van der Waals surface area contributed by atoms with E-state index in [-0.39, 0.29) is 0 Å². The second-order valence-electron chi connectivity index (χ2n) is 26.1. The second-order valence-corrected chi connectivity index (χ2v) is 26.1. The Kier molecular flexibility index (Phi) is 16.6. The molecule has 12 heteroatoms. The van der Waals surface area contributed by atoms with E-state index in [1.165, 1.54) is 0 Å². The Morgan fingerprint density at radius 2 is 0.241 bits per heavy atom. The Morgan fingerprint density at radius 3 is 0.370 bits per heavy atom. The highest BCUT2D eigenvalue weighted by molar-refractivity contribution is 6.15. The summed E-state index contributed by atoms with van der Waals surface area (Å²) in [5.41, 5.74) is 21.4. The fourth-order valence-electron chi connectivity index (χ4n) is 14.0. The Hall–Kier alpha value is -14.9. The van der Waals surface area contributed by atoms with E-state index in [1.807, 2.05) is 182 Å². The lowest BCUT2D eigenvalue weighted by Gasteiger charge is -2.29. The van der Waals surface area contributed by atoms with Gasteiger partial charge < -0.3 is 26.5 Å². The molecule has 19 aromatic rings. The predicted octanol–water partition coefficient (Wildman–Crippen LogP) is 25.6. The van der Waals surface area contributed by atoms with E-state index in [0.29, 0.717) is 69.9 Å². The van der Waals surface area contributed by atoms with Gasteiger partial charge >= 0.3 is 0 Å². The summed E-state index contributed by atoms with van der Waals surface area (Å²) in [7, 11) is 0. The lowest BCUT2D eigenvalue weighted by molar-refractivity contribution is 0.588. The van der Waals surface area contributed by atoms with Crippen LogP contribution in [0, 0.1) is 0 Å². The molecule has 6 aromatic heterocycles. The summed E-state index contributed by atoms with van der Waals surface area (Å²) in [6.07, 6.45) is 10.7.